The maximum atomic E-state index is 10.4. The number of rotatable bonds is 2. The first kappa shape index (κ1) is 8.54. The Hall–Kier alpha value is -0.553. The van der Waals surface area contributed by atoms with Crippen LogP contribution in [-0.2, 0) is 4.79 Å². The van der Waals surface area contributed by atoms with Gasteiger partial charge in [0.2, 0.25) is 0 Å². The summed E-state index contributed by atoms with van der Waals surface area (Å²) in [4.78, 5) is 10.4. The monoisotopic (exact) mass is 169 g/mol. The van der Waals surface area contributed by atoms with Gasteiger partial charge in [0.25, 0.3) is 0 Å². The molecule has 0 rings (SSSR count). The van der Waals surface area contributed by atoms with Crippen molar-refractivity contribution in [2.75, 3.05) is 0 Å². The zero-order chi connectivity index (χ0) is 9.78. The van der Waals surface area contributed by atoms with E-state index in [0.29, 0.717) is 0 Å². The molecule has 0 bridgehead atoms. The van der Waals surface area contributed by atoms with E-state index in [4.69, 9.17) is 1.37 Å². The van der Waals surface area contributed by atoms with Crippen molar-refractivity contribution in [2.24, 2.45) is 5.92 Å². The van der Waals surface area contributed by atoms with Gasteiger partial charge in [0.05, 0.1) is 0 Å². The lowest BCUT2D eigenvalue weighted by Gasteiger charge is -2.04. The van der Waals surface area contributed by atoms with Crippen molar-refractivity contribution in [1.29, 1.82) is 0 Å². The average molecular weight is 169 g/mol. The van der Waals surface area contributed by atoms with E-state index < -0.39 is 14.3 Å². The van der Waals surface area contributed by atoms with Crippen molar-refractivity contribution in [3.63, 3.8) is 0 Å². The van der Waals surface area contributed by atoms with Gasteiger partial charge in [0, 0.05) is 12.3 Å². The molecule has 0 aliphatic heterocycles. The van der Waals surface area contributed by atoms with Crippen LogP contribution < -0.4 is 0 Å². The molecule has 11 heavy (non-hydrogen) atoms. The van der Waals surface area contributed by atoms with Gasteiger partial charge in [-0.25, -0.2) is 0 Å². The smallest absolute Gasteiger partial charge is 0.129 e. The second kappa shape index (κ2) is 4.35. The van der Waals surface area contributed by atoms with Crippen molar-refractivity contribution in [1.82, 2.24) is 0 Å². The molecule has 1 unspecified atom stereocenters. The SMILES string of the molecule is [2H]C(=O)CC(C)C#C[Si](C)(C)C. The molecule has 0 heterocycles. The molecule has 1 atom stereocenters. The van der Waals surface area contributed by atoms with Gasteiger partial charge in [-0.1, -0.05) is 26.6 Å². The van der Waals surface area contributed by atoms with Gasteiger partial charge in [-0.05, 0) is 0 Å². The van der Waals surface area contributed by atoms with Gasteiger partial charge >= 0.3 is 0 Å². The molecule has 0 spiro atoms. The van der Waals surface area contributed by atoms with Gasteiger partial charge in [-0.3, -0.25) is 0 Å². The predicted octanol–water partition coefficient (Wildman–Crippen LogP) is 2.09. The highest BCUT2D eigenvalue weighted by Gasteiger charge is 2.07. The highest BCUT2D eigenvalue weighted by Crippen LogP contribution is 2.00. The Bertz CT molecular complexity index is 219. The zero-order valence-corrected chi connectivity index (χ0v) is 8.69. The van der Waals surface area contributed by atoms with Gasteiger partial charge in [0.1, 0.15) is 15.7 Å². The lowest BCUT2D eigenvalue weighted by atomic mass is 10.1. The minimum atomic E-state index is -1.30. The van der Waals surface area contributed by atoms with E-state index in [0.717, 1.165) is 0 Å². The van der Waals surface area contributed by atoms with E-state index in [9.17, 15) is 4.79 Å². The van der Waals surface area contributed by atoms with Crippen LogP contribution >= 0.6 is 0 Å². The Balaban J connectivity index is 4.04. The minimum absolute atomic E-state index is 0.0433. The van der Waals surface area contributed by atoms with Crippen molar-refractivity contribution >= 4 is 14.3 Å². The quantitative estimate of drug-likeness (QED) is 0.351. The molecule has 0 fully saturated rings. The summed E-state index contributed by atoms with van der Waals surface area (Å²) in [6, 6.07) is 0. The summed E-state index contributed by atoms with van der Waals surface area (Å²) in [7, 11) is -1.30. The first-order chi connectivity index (χ1) is 5.31. The maximum Gasteiger partial charge on any atom is 0.129 e. The Morgan fingerprint density at radius 2 is 2.18 bits per heavy atom. The second-order valence-electron chi connectivity index (χ2n) is 3.77. The topological polar surface area (TPSA) is 17.1 Å². The van der Waals surface area contributed by atoms with Crippen molar-refractivity contribution in [3.8, 4) is 11.5 Å². The summed E-state index contributed by atoms with van der Waals surface area (Å²) in [6.07, 6.45) is -0.260. The third-order valence-corrected chi connectivity index (χ3v) is 1.98. The fourth-order valence-electron chi connectivity index (χ4n) is 0.516. The molecule has 62 valence electrons. The number of hydrogen-bond donors (Lipinski definition) is 0. The third-order valence-electron chi connectivity index (χ3n) is 1.08. The van der Waals surface area contributed by atoms with Crippen LogP contribution in [0.3, 0.4) is 0 Å². The van der Waals surface area contributed by atoms with Crippen LogP contribution in [0.2, 0.25) is 19.6 Å². The first-order valence-corrected chi connectivity index (χ1v) is 7.33. The van der Waals surface area contributed by atoms with E-state index >= 15 is 0 Å². The molecule has 0 saturated carbocycles. The normalized spacial score (nSPS) is 14.4. The standard InChI is InChI=1S/C9H16OSi/c1-9(5-7-10)6-8-11(2,3)4/h7,9H,5H2,1-4H3/i7D. The summed E-state index contributed by atoms with van der Waals surface area (Å²) < 4.78 is 6.75. The molecule has 0 N–H and O–H groups in total. The molecular weight excluding hydrogens is 152 g/mol. The van der Waals surface area contributed by atoms with Crippen LogP contribution in [0.15, 0.2) is 0 Å². The maximum absolute atomic E-state index is 10.4. The fraction of sp³-hybridized carbons (Fsp3) is 0.667. The predicted molar refractivity (Wildman–Crippen MR) is 51.0 cm³/mol. The Morgan fingerprint density at radius 1 is 1.64 bits per heavy atom. The highest BCUT2D eigenvalue weighted by molar-refractivity contribution is 6.83. The fourth-order valence-corrected chi connectivity index (χ4v) is 1.20. The molecule has 0 radical (unpaired) electrons. The van der Waals surface area contributed by atoms with Gasteiger partial charge in [0.15, 0.2) is 0 Å². The van der Waals surface area contributed by atoms with Crippen LogP contribution in [0.1, 0.15) is 14.7 Å². The van der Waals surface area contributed by atoms with Gasteiger partial charge < -0.3 is 4.79 Å². The summed E-state index contributed by atoms with van der Waals surface area (Å²) in [6.45, 7) is 8.37. The van der Waals surface area contributed by atoms with Crippen LogP contribution in [0, 0.1) is 17.4 Å². The van der Waals surface area contributed by atoms with E-state index in [1.165, 1.54) is 0 Å². The highest BCUT2D eigenvalue weighted by atomic mass is 28.3. The lowest BCUT2D eigenvalue weighted by Crippen LogP contribution is -2.16. The van der Waals surface area contributed by atoms with Crippen molar-refractivity contribution < 1.29 is 6.17 Å². The summed E-state index contributed by atoms with van der Waals surface area (Å²) in [5.74, 6) is 3.07. The van der Waals surface area contributed by atoms with Crippen LogP contribution in [-0.4, -0.2) is 14.3 Å². The largest absolute Gasteiger partial charge is 0.303 e. The van der Waals surface area contributed by atoms with Crippen LogP contribution in [0.4, 0.5) is 0 Å². The molecule has 0 saturated heterocycles. The molecular formula is C9H16OSi. The summed E-state index contributed by atoms with van der Waals surface area (Å²) >= 11 is 0. The molecule has 0 aromatic rings. The minimum Gasteiger partial charge on any atom is -0.303 e. The van der Waals surface area contributed by atoms with Crippen molar-refractivity contribution in [2.45, 2.75) is 33.0 Å². The molecule has 2 heteroatoms. The van der Waals surface area contributed by atoms with E-state index in [-0.39, 0.29) is 12.3 Å². The molecule has 0 aromatic heterocycles. The lowest BCUT2D eigenvalue weighted by molar-refractivity contribution is -0.108. The number of carbonyl (C=O) groups is 1. The third kappa shape index (κ3) is 7.34. The Labute approximate surface area is 71.6 Å². The van der Waals surface area contributed by atoms with Crippen LogP contribution in [0.5, 0.6) is 0 Å². The van der Waals surface area contributed by atoms with Gasteiger partial charge in [-0.2, -0.15) is 0 Å². The van der Waals surface area contributed by atoms with E-state index in [1.54, 1.807) is 0 Å². The summed E-state index contributed by atoms with van der Waals surface area (Å²) in [5, 5.41) is 0. The number of carbonyl (C=O) groups excluding carboxylic acids is 1. The first-order valence-electron chi connectivity index (χ1n) is 4.33. The molecule has 0 aliphatic rings. The zero-order valence-electron chi connectivity index (χ0n) is 8.69. The van der Waals surface area contributed by atoms with Gasteiger partial charge in [-0.15, -0.1) is 11.5 Å². The van der Waals surface area contributed by atoms with E-state index in [2.05, 4.69) is 31.1 Å². The molecule has 0 aromatic carbocycles. The molecule has 0 aliphatic carbocycles. The Morgan fingerprint density at radius 3 is 2.55 bits per heavy atom. The van der Waals surface area contributed by atoms with Crippen molar-refractivity contribution in [3.05, 3.63) is 0 Å². The summed E-state index contributed by atoms with van der Waals surface area (Å²) in [5.41, 5.74) is 3.18. The molecule has 1 nitrogen and oxygen atoms in total. The number of hydrogen-bond acceptors (Lipinski definition) is 1. The average Bonchev–Trinajstić information content (AvgIpc) is 1.80. The molecule has 0 amide bonds. The number of aldehydes is 1. The van der Waals surface area contributed by atoms with Crippen LogP contribution in [0.25, 0.3) is 0 Å². The second-order valence-corrected chi connectivity index (χ2v) is 8.52. The van der Waals surface area contributed by atoms with E-state index in [1.807, 2.05) is 6.92 Å². The Kier molecular flexibility index (Phi) is 3.38.